The van der Waals surface area contributed by atoms with Gasteiger partial charge < -0.3 is 21.1 Å². The van der Waals surface area contributed by atoms with E-state index < -0.39 is 0 Å². The van der Waals surface area contributed by atoms with Crippen molar-refractivity contribution >= 4 is 12.5 Å². The second-order valence-electron chi connectivity index (χ2n) is 8.87. The van der Waals surface area contributed by atoms with Gasteiger partial charge in [-0.25, -0.2) is 0 Å². The number of aromatic nitrogens is 3. The second-order valence-corrected chi connectivity index (χ2v) is 8.87. The Balaban J connectivity index is 0.000000506. The molecule has 208 valence electrons. The minimum absolute atomic E-state index is 0.250. The third-order valence-corrected chi connectivity index (χ3v) is 5.29. The lowest BCUT2D eigenvalue weighted by Crippen LogP contribution is -2.31. The lowest BCUT2D eigenvalue weighted by atomic mass is 10.0. The van der Waals surface area contributed by atoms with Gasteiger partial charge in [-0.1, -0.05) is 42.5 Å². The van der Waals surface area contributed by atoms with E-state index in [1.54, 1.807) is 23.9 Å². The van der Waals surface area contributed by atoms with Crippen LogP contribution in [-0.4, -0.2) is 58.1 Å². The minimum atomic E-state index is 0.250. The molecule has 0 aliphatic carbocycles. The molecule has 0 bridgehead atoms. The number of carbonyl (C=O) groups excluding carboxylic acids is 1. The van der Waals surface area contributed by atoms with Crippen LogP contribution in [0.15, 0.2) is 67.0 Å². The molecular weight excluding hydrogens is 476 g/mol. The number of aliphatic hydroxyl groups excluding tert-OH is 1. The number of aryl methyl sites for hydroxylation is 1. The molecule has 0 spiro atoms. The van der Waals surface area contributed by atoms with Crippen molar-refractivity contribution in [3.63, 3.8) is 0 Å². The Kier molecular flexibility index (Phi) is 18.5. The number of aliphatic hydroxyl groups is 1. The summed E-state index contributed by atoms with van der Waals surface area (Å²) in [7, 11) is 3.72. The SMILES string of the molecule is C/C=C\NC.CC1(C)CCCN1.CCO.Cc1c(-c2ccccc2)c(C=O)nn1C.N=Cc1ccccn1. The van der Waals surface area contributed by atoms with Gasteiger partial charge in [0.05, 0.1) is 5.69 Å². The van der Waals surface area contributed by atoms with E-state index in [-0.39, 0.29) is 6.61 Å². The third kappa shape index (κ3) is 14.2. The van der Waals surface area contributed by atoms with E-state index in [0.29, 0.717) is 16.9 Å². The molecule has 1 aliphatic heterocycles. The highest BCUT2D eigenvalue weighted by Crippen LogP contribution is 2.25. The summed E-state index contributed by atoms with van der Waals surface area (Å²) >= 11 is 0. The molecule has 0 radical (unpaired) electrons. The zero-order chi connectivity index (χ0) is 28.8. The monoisotopic (exact) mass is 522 g/mol. The van der Waals surface area contributed by atoms with Gasteiger partial charge in [0.2, 0.25) is 0 Å². The van der Waals surface area contributed by atoms with Gasteiger partial charge in [-0.3, -0.25) is 14.5 Å². The number of nitrogens with zero attached hydrogens (tertiary/aromatic N) is 3. The number of aldehydes is 1. The van der Waals surface area contributed by atoms with Crippen molar-refractivity contribution in [2.24, 2.45) is 7.05 Å². The summed E-state index contributed by atoms with van der Waals surface area (Å²) in [4.78, 5) is 14.7. The van der Waals surface area contributed by atoms with Crippen molar-refractivity contribution in [1.82, 2.24) is 25.4 Å². The maximum absolute atomic E-state index is 10.9. The molecule has 1 saturated heterocycles. The Hall–Kier alpha value is -3.62. The number of allylic oxidation sites excluding steroid dienone is 1. The predicted molar refractivity (Wildman–Crippen MR) is 159 cm³/mol. The summed E-state index contributed by atoms with van der Waals surface area (Å²) in [5.41, 5.74) is 4.61. The van der Waals surface area contributed by atoms with E-state index in [1.807, 2.05) is 82.7 Å². The highest BCUT2D eigenvalue weighted by atomic mass is 16.2. The molecule has 0 unspecified atom stereocenters. The Labute approximate surface area is 228 Å². The molecule has 1 aromatic carbocycles. The fourth-order valence-corrected chi connectivity index (χ4v) is 3.35. The first kappa shape index (κ1) is 34.4. The summed E-state index contributed by atoms with van der Waals surface area (Å²) in [5.74, 6) is 0. The fourth-order valence-electron chi connectivity index (χ4n) is 3.35. The van der Waals surface area contributed by atoms with Crippen LogP contribution in [0.5, 0.6) is 0 Å². The molecule has 4 N–H and O–H groups in total. The molecule has 8 heteroatoms. The van der Waals surface area contributed by atoms with Gasteiger partial charge in [-0.2, -0.15) is 5.10 Å². The van der Waals surface area contributed by atoms with Gasteiger partial charge in [0, 0.05) is 49.9 Å². The quantitative estimate of drug-likeness (QED) is 0.277. The molecule has 2 aromatic heterocycles. The van der Waals surface area contributed by atoms with E-state index in [4.69, 9.17) is 10.5 Å². The maximum atomic E-state index is 10.9. The van der Waals surface area contributed by atoms with Crippen LogP contribution in [0.4, 0.5) is 0 Å². The van der Waals surface area contributed by atoms with Crippen LogP contribution in [0.3, 0.4) is 0 Å². The largest absolute Gasteiger partial charge is 0.397 e. The first-order valence-corrected chi connectivity index (χ1v) is 12.8. The van der Waals surface area contributed by atoms with E-state index >= 15 is 0 Å². The highest BCUT2D eigenvalue weighted by Gasteiger charge is 2.20. The molecule has 0 amide bonds. The third-order valence-electron chi connectivity index (χ3n) is 5.29. The van der Waals surface area contributed by atoms with E-state index in [0.717, 1.165) is 23.1 Å². The van der Waals surface area contributed by atoms with Crippen molar-refractivity contribution in [2.75, 3.05) is 20.2 Å². The number of carbonyl (C=O) groups is 1. The molecule has 0 atom stereocenters. The lowest BCUT2D eigenvalue weighted by Gasteiger charge is -2.15. The summed E-state index contributed by atoms with van der Waals surface area (Å²) in [5, 5.41) is 24.7. The molecule has 0 saturated carbocycles. The molecule has 1 aliphatic rings. The predicted octanol–water partition coefficient (Wildman–Crippen LogP) is 5.17. The fraction of sp³-hybridized carbons (Fsp3) is 0.400. The molecule has 38 heavy (non-hydrogen) atoms. The minimum Gasteiger partial charge on any atom is -0.397 e. The van der Waals surface area contributed by atoms with Crippen LogP contribution in [0.2, 0.25) is 0 Å². The molecule has 3 heterocycles. The van der Waals surface area contributed by atoms with Crippen LogP contribution >= 0.6 is 0 Å². The van der Waals surface area contributed by atoms with Crippen LogP contribution in [-0.2, 0) is 7.05 Å². The standard InChI is InChI=1S/C12H12N2O.C6H6N2.C6H13N.C4H9N.C2H6O/c1-9-12(10-6-4-3-5-7-10)11(8-15)13-14(9)2;7-5-6-3-1-2-4-8-6;1-6(2)4-3-5-7-6;1-3-4-5-2;1-2-3/h3-8H,1-2H3;1-5,7H;7H,3-5H2,1-2H3;3-5H,1-2H3;3H,2H2,1H3/b;;;4-3-;. The van der Waals surface area contributed by atoms with Gasteiger partial charge in [-0.15, -0.1) is 0 Å². The Morgan fingerprint density at radius 1 is 1.18 bits per heavy atom. The van der Waals surface area contributed by atoms with Crippen molar-refractivity contribution in [2.45, 2.75) is 53.0 Å². The lowest BCUT2D eigenvalue weighted by molar-refractivity contribution is 0.111. The van der Waals surface area contributed by atoms with Gasteiger partial charge in [-0.05, 0) is 77.9 Å². The zero-order valence-electron chi connectivity index (χ0n) is 24.0. The Morgan fingerprint density at radius 3 is 2.16 bits per heavy atom. The molecule has 4 rings (SSSR count). The smallest absolute Gasteiger partial charge is 0.170 e. The molecule has 8 nitrogen and oxygen atoms in total. The van der Waals surface area contributed by atoms with Gasteiger partial charge >= 0.3 is 0 Å². The average Bonchev–Trinajstić information content (AvgIpc) is 3.47. The van der Waals surface area contributed by atoms with Crippen molar-refractivity contribution in [3.05, 3.63) is 84.1 Å². The van der Waals surface area contributed by atoms with Crippen molar-refractivity contribution in [3.8, 4) is 11.1 Å². The summed E-state index contributed by atoms with van der Waals surface area (Å²) < 4.78 is 1.73. The van der Waals surface area contributed by atoms with Gasteiger partial charge in [0.25, 0.3) is 0 Å². The summed E-state index contributed by atoms with van der Waals surface area (Å²) in [6.45, 7) is 11.6. The topological polar surface area (TPSA) is 116 Å². The van der Waals surface area contributed by atoms with Crippen LogP contribution in [0.1, 0.15) is 62.4 Å². The number of rotatable bonds is 4. The first-order chi connectivity index (χ1) is 18.2. The molecular formula is C30H46N6O2. The maximum Gasteiger partial charge on any atom is 0.170 e. The number of nitrogens with one attached hydrogen (secondary N) is 3. The van der Waals surface area contributed by atoms with Crippen LogP contribution in [0.25, 0.3) is 11.1 Å². The number of hydrogen-bond donors (Lipinski definition) is 4. The van der Waals surface area contributed by atoms with Gasteiger partial charge in [0.1, 0.15) is 5.69 Å². The van der Waals surface area contributed by atoms with Gasteiger partial charge in [0.15, 0.2) is 6.29 Å². The van der Waals surface area contributed by atoms with E-state index in [1.165, 1.54) is 25.6 Å². The number of benzene rings is 1. The first-order valence-electron chi connectivity index (χ1n) is 12.8. The normalized spacial score (nSPS) is 12.7. The number of pyridine rings is 1. The van der Waals surface area contributed by atoms with Crippen molar-refractivity contribution < 1.29 is 9.90 Å². The van der Waals surface area contributed by atoms with Crippen LogP contribution in [0, 0.1) is 12.3 Å². The molecule has 3 aromatic rings. The second kappa shape index (κ2) is 20.4. The summed E-state index contributed by atoms with van der Waals surface area (Å²) in [6.07, 6.45) is 10.2. The van der Waals surface area contributed by atoms with Crippen LogP contribution < -0.4 is 10.6 Å². The summed E-state index contributed by atoms with van der Waals surface area (Å²) in [6, 6.07) is 15.3. The Morgan fingerprint density at radius 2 is 1.82 bits per heavy atom. The zero-order valence-corrected chi connectivity index (χ0v) is 24.0. The molecule has 1 fully saturated rings. The number of hydrogen-bond acceptors (Lipinski definition) is 7. The van der Waals surface area contributed by atoms with E-state index in [9.17, 15) is 4.79 Å². The van der Waals surface area contributed by atoms with E-state index in [2.05, 4.69) is 34.6 Å². The highest BCUT2D eigenvalue weighted by molar-refractivity contribution is 5.86. The van der Waals surface area contributed by atoms with Crippen molar-refractivity contribution in [1.29, 1.82) is 5.41 Å². The Bertz CT molecular complexity index is 1040. The average molecular weight is 523 g/mol.